The second kappa shape index (κ2) is 17.7. The fourth-order valence-electron chi connectivity index (χ4n) is 0. The number of rotatable bonds is 0. The molecule has 0 radical (unpaired) electrons. The summed E-state index contributed by atoms with van der Waals surface area (Å²) in [6.45, 7) is 0. The second-order valence-corrected chi connectivity index (χ2v) is 1.62. The molecule has 0 amide bonds. The molecule has 0 aromatic rings. The zero-order valence-corrected chi connectivity index (χ0v) is 17.1. The average molecular weight is 274 g/mol. The van der Waals surface area contributed by atoms with Crippen molar-refractivity contribution in [2.75, 3.05) is 0 Å². The van der Waals surface area contributed by atoms with E-state index < -0.39 is 14.0 Å². The number of carbonyl (C=O) groups is 1. The van der Waals surface area contributed by atoms with Crippen LogP contribution in [0.3, 0.4) is 0 Å². The molecule has 0 aliphatic rings. The van der Waals surface area contributed by atoms with Gasteiger partial charge in [0.2, 0.25) is 0 Å². The molecule has 0 saturated carbocycles. The zero-order valence-electron chi connectivity index (χ0n) is 6.88. The van der Waals surface area contributed by atoms with Crippen molar-refractivity contribution in [2.24, 2.45) is 0 Å². The van der Waals surface area contributed by atoms with E-state index in [0.29, 0.717) is 0 Å². The van der Waals surface area contributed by atoms with E-state index in [1.54, 1.807) is 0 Å². The Labute approximate surface area is 196 Å². The van der Waals surface area contributed by atoms with Crippen molar-refractivity contribution in [3.8, 4) is 0 Å². The third-order valence-corrected chi connectivity index (χ3v) is 0. The standard InChI is InChI=1S/CH2O3.3K.H3O4P/c2-1(3)4;;;;1-5(2,3)4/h(H2,2,3,4);;;;(H3,1,2,3,4)/q;3*+1;/p-3. The molecule has 0 fully saturated rings. The van der Waals surface area contributed by atoms with Gasteiger partial charge in [-0.05, 0) is 0 Å². The maximum Gasteiger partial charge on any atom is 1.00 e. The number of hydrogen-bond donors (Lipinski definition) is 2. The van der Waals surface area contributed by atoms with Crippen LogP contribution in [0.4, 0.5) is 4.79 Å². The third-order valence-electron chi connectivity index (χ3n) is 0. The SMILES string of the molecule is O=C(O)O.O=P([O-])([O-])[O-].[K+].[K+].[K+]. The van der Waals surface area contributed by atoms with E-state index in [9.17, 15) is 0 Å². The van der Waals surface area contributed by atoms with Gasteiger partial charge in [0.25, 0.3) is 0 Å². The van der Waals surface area contributed by atoms with Crippen LogP contribution in [0.15, 0.2) is 0 Å². The van der Waals surface area contributed by atoms with Crippen LogP contribution in [0.25, 0.3) is 0 Å². The van der Waals surface area contributed by atoms with Gasteiger partial charge in [-0.3, -0.25) is 0 Å². The summed E-state index contributed by atoms with van der Waals surface area (Å²) in [7, 11) is -5.39. The molecule has 11 heteroatoms. The van der Waals surface area contributed by atoms with Crippen molar-refractivity contribution in [2.45, 2.75) is 0 Å². The van der Waals surface area contributed by atoms with Crippen molar-refractivity contribution in [3.63, 3.8) is 0 Å². The third kappa shape index (κ3) is 137. The Morgan fingerprint density at radius 3 is 1.00 bits per heavy atom. The number of phosphoric acid groups is 1. The molecule has 0 bridgehead atoms. The molecule has 7 nitrogen and oxygen atoms in total. The maximum atomic E-state index is 8.56. The van der Waals surface area contributed by atoms with E-state index in [4.69, 9.17) is 34.3 Å². The summed E-state index contributed by atoms with van der Waals surface area (Å²) in [5, 5.41) is 13.9. The number of hydrogen-bond acceptors (Lipinski definition) is 5. The van der Waals surface area contributed by atoms with E-state index >= 15 is 0 Å². The first-order valence-corrected chi connectivity index (χ1v) is 2.84. The zero-order chi connectivity index (χ0) is 8.08. The summed E-state index contributed by atoms with van der Waals surface area (Å²) in [5.41, 5.74) is 0. The predicted octanol–water partition coefficient (Wildman–Crippen LogP) is -11.6. The molecule has 0 saturated heterocycles. The fourth-order valence-corrected chi connectivity index (χ4v) is 0. The molecule has 0 unspecified atom stereocenters. The van der Waals surface area contributed by atoms with Crippen LogP contribution in [0, 0.1) is 0 Å². The maximum absolute atomic E-state index is 8.56. The van der Waals surface area contributed by atoms with E-state index in [1.807, 2.05) is 0 Å². The minimum Gasteiger partial charge on any atom is -0.822 e. The van der Waals surface area contributed by atoms with Crippen LogP contribution in [0.1, 0.15) is 0 Å². The minimum absolute atomic E-state index is 0. The van der Waals surface area contributed by atoms with Crippen LogP contribution in [0.2, 0.25) is 0 Å². The molecule has 56 valence electrons. The largest absolute Gasteiger partial charge is 1.00 e. The molecule has 0 aromatic heterocycles. The van der Waals surface area contributed by atoms with Gasteiger partial charge in [-0.2, -0.15) is 7.82 Å². The van der Waals surface area contributed by atoms with Gasteiger partial charge < -0.3 is 29.5 Å². The topological polar surface area (TPSA) is 144 Å². The summed E-state index contributed by atoms with van der Waals surface area (Å²) in [6, 6.07) is 0. The van der Waals surface area contributed by atoms with Crippen molar-refractivity contribution in [1.82, 2.24) is 0 Å². The summed E-state index contributed by atoms with van der Waals surface area (Å²) in [4.78, 5) is 34.2. The molecule has 0 atom stereocenters. The van der Waals surface area contributed by atoms with Crippen LogP contribution in [0.5, 0.6) is 0 Å². The van der Waals surface area contributed by atoms with Crippen molar-refractivity contribution >= 4 is 14.0 Å². The fraction of sp³-hybridized carbons (Fsp3) is 0. The van der Waals surface area contributed by atoms with Crippen LogP contribution >= 0.6 is 7.82 Å². The monoisotopic (exact) mass is 274 g/mol. The van der Waals surface area contributed by atoms with Crippen LogP contribution in [-0.4, -0.2) is 16.4 Å². The van der Waals surface area contributed by atoms with Crippen molar-refractivity contribution < 1.29 is 188 Å². The molecule has 0 heterocycles. The van der Waals surface area contributed by atoms with Gasteiger partial charge in [0.15, 0.2) is 0 Å². The van der Waals surface area contributed by atoms with E-state index in [0.717, 1.165) is 0 Å². The summed E-state index contributed by atoms with van der Waals surface area (Å²) >= 11 is 0. The summed E-state index contributed by atoms with van der Waals surface area (Å²) in [6.07, 6.45) is -1.83. The smallest absolute Gasteiger partial charge is 0.822 e. The molecule has 0 aliphatic carbocycles. The van der Waals surface area contributed by atoms with Crippen molar-refractivity contribution in [3.05, 3.63) is 0 Å². The van der Waals surface area contributed by atoms with Gasteiger partial charge in [-0.15, -0.1) is 0 Å². The Morgan fingerprint density at radius 1 is 1.00 bits per heavy atom. The van der Waals surface area contributed by atoms with Gasteiger partial charge in [0.05, 0.1) is 0 Å². The molecule has 0 spiro atoms. The Morgan fingerprint density at radius 2 is 1.00 bits per heavy atom. The quantitative estimate of drug-likeness (QED) is 0.329. The van der Waals surface area contributed by atoms with Crippen LogP contribution < -0.4 is 169 Å². The molecule has 12 heavy (non-hydrogen) atoms. The summed E-state index contributed by atoms with van der Waals surface area (Å²) < 4.78 is 8.55. The second-order valence-electron chi connectivity index (χ2n) is 0.730. The predicted molar refractivity (Wildman–Crippen MR) is 18.3 cm³/mol. The van der Waals surface area contributed by atoms with E-state index in [1.165, 1.54) is 0 Å². The first-order chi connectivity index (χ1) is 3.73. The van der Waals surface area contributed by atoms with Crippen LogP contribution in [-0.2, 0) is 4.57 Å². The minimum atomic E-state index is -5.39. The molecule has 0 aliphatic heterocycles. The van der Waals surface area contributed by atoms with Gasteiger partial charge in [-0.25, -0.2) is 4.79 Å². The Bertz CT molecular complexity index is 118. The Hall–Kier alpha value is 4.29. The first-order valence-electron chi connectivity index (χ1n) is 1.38. The molecule has 0 aromatic carbocycles. The van der Waals surface area contributed by atoms with Gasteiger partial charge in [-0.1, -0.05) is 0 Å². The van der Waals surface area contributed by atoms with Gasteiger partial charge in [0.1, 0.15) is 0 Å². The van der Waals surface area contributed by atoms with E-state index in [2.05, 4.69) is 0 Å². The Kier molecular flexibility index (Phi) is 44.0. The number of carboxylic acid groups (broad SMARTS) is 2. The molecule has 0 rings (SSSR count). The molecular formula is CH2K3O7P. The molecular weight excluding hydrogens is 272 g/mol. The van der Waals surface area contributed by atoms with E-state index in [-0.39, 0.29) is 154 Å². The first kappa shape index (κ1) is 29.9. The van der Waals surface area contributed by atoms with Gasteiger partial charge in [0, 0.05) is 0 Å². The van der Waals surface area contributed by atoms with Crippen molar-refractivity contribution in [1.29, 1.82) is 0 Å². The average Bonchev–Trinajstić information content (AvgIpc) is 1.19. The van der Waals surface area contributed by atoms with Gasteiger partial charge >= 0.3 is 160 Å². The summed E-state index contributed by atoms with van der Waals surface area (Å²) in [5.74, 6) is 0. The Balaban J connectivity index is -0.0000000221. The normalized spacial score (nSPS) is 6.92. The molecule has 2 N–H and O–H groups in total.